The molecule has 2 atom stereocenters. The number of rotatable bonds is 7. The van der Waals surface area contributed by atoms with Crippen LogP contribution in [-0.2, 0) is 9.53 Å². The maximum Gasteiger partial charge on any atom is 0.224 e. The molecule has 1 aromatic rings. The van der Waals surface area contributed by atoms with E-state index in [9.17, 15) is 4.79 Å². The van der Waals surface area contributed by atoms with Gasteiger partial charge in [0.25, 0.3) is 0 Å². The van der Waals surface area contributed by atoms with Crippen LogP contribution >= 0.6 is 0 Å². The monoisotopic (exact) mass is 292 g/mol. The zero-order chi connectivity index (χ0) is 15.2. The molecule has 0 bridgehead atoms. The molecule has 21 heavy (non-hydrogen) atoms. The van der Waals surface area contributed by atoms with Crippen molar-refractivity contribution in [3.63, 3.8) is 0 Å². The summed E-state index contributed by atoms with van der Waals surface area (Å²) < 4.78 is 10.5. The van der Waals surface area contributed by atoms with Crippen molar-refractivity contribution in [3.8, 4) is 5.75 Å². The van der Waals surface area contributed by atoms with Crippen molar-refractivity contribution in [1.82, 2.24) is 4.90 Å². The standard InChI is InChI=1S/C16H24N2O3/c1-3-21-13-7-5-12(6-8-13)16-14(17)11-15(19)18(16)9-4-10-20-2/h5-8,14,16H,3-4,9-11,17H2,1-2H3. The molecule has 2 unspecified atom stereocenters. The summed E-state index contributed by atoms with van der Waals surface area (Å²) in [7, 11) is 1.67. The number of carbonyl (C=O) groups excluding carboxylic acids is 1. The lowest BCUT2D eigenvalue weighted by Gasteiger charge is -2.27. The molecular formula is C16H24N2O3. The highest BCUT2D eigenvalue weighted by atomic mass is 16.5. The number of benzene rings is 1. The van der Waals surface area contributed by atoms with Crippen LogP contribution < -0.4 is 10.5 Å². The summed E-state index contributed by atoms with van der Waals surface area (Å²) in [5, 5.41) is 0. The lowest BCUT2D eigenvalue weighted by molar-refractivity contribution is -0.129. The molecule has 1 aliphatic rings. The first kappa shape index (κ1) is 15.8. The number of hydrogen-bond donors (Lipinski definition) is 1. The van der Waals surface area contributed by atoms with Gasteiger partial charge < -0.3 is 20.1 Å². The first-order valence-corrected chi connectivity index (χ1v) is 7.44. The predicted octanol–water partition coefficient (Wildman–Crippen LogP) is 1.72. The van der Waals surface area contributed by atoms with Gasteiger partial charge in [-0.25, -0.2) is 0 Å². The van der Waals surface area contributed by atoms with Crippen molar-refractivity contribution < 1.29 is 14.3 Å². The molecule has 1 heterocycles. The van der Waals surface area contributed by atoms with E-state index >= 15 is 0 Å². The van der Waals surface area contributed by atoms with Crippen LogP contribution in [0.2, 0.25) is 0 Å². The molecule has 116 valence electrons. The molecule has 1 saturated heterocycles. The van der Waals surface area contributed by atoms with E-state index < -0.39 is 0 Å². The number of methoxy groups -OCH3 is 1. The summed E-state index contributed by atoms with van der Waals surface area (Å²) in [4.78, 5) is 14.0. The number of nitrogens with zero attached hydrogens (tertiary/aromatic N) is 1. The molecule has 0 saturated carbocycles. The number of ether oxygens (including phenoxy) is 2. The van der Waals surface area contributed by atoms with Gasteiger partial charge in [0, 0.05) is 32.7 Å². The third-order valence-corrected chi connectivity index (χ3v) is 3.75. The number of nitrogens with two attached hydrogens (primary N) is 1. The highest BCUT2D eigenvalue weighted by Gasteiger charge is 2.38. The lowest BCUT2D eigenvalue weighted by atomic mass is 10.0. The average molecular weight is 292 g/mol. The van der Waals surface area contributed by atoms with E-state index in [1.54, 1.807) is 7.11 Å². The van der Waals surface area contributed by atoms with Gasteiger partial charge in [0.2, 0.25) is 5.91 Å². The molecule has 5 heteroatoms. The summed E-state index contributed by atoms with van der Waals surface area (Å²) in [5.74, 6) is 0.961. The van der Waals surface area contributed by atoms with Crippen molar-refractivity contribution in [3.05, 3.63) is 29.8 Å². The second-order valence-electron chi connectivity index (χ2n) is 5.25. The van der Waals surface area contributed by atoms with E-state index in [1.165, 1.54) is 0 Å². The van der Waals surface area contributed by atoms with Gasteiger partial charge in [0.05, 0.1) is 12.6 Å². The van der Waals surface area contributed by atoms with Crippen LogP contribution in [0, 0.1) is 0 Å². The lowest BCUT2D eigenvalue weighted by Crippen LogP contribution is -2.34. The van der Waals surface area contributed by atoms with E-state index in [-0.39, 0.29) is 18.0 Å². The molecule has 0 aromatic heterocycles. The molecule has 5 nitrogen and oxygen atoms in total. The Kier molecular flexibility index (Phi) is 5.59. The van der Waals surface area contributed by atoms with Gasteiger partial charge in [-0.3, -0.25) is 4.79 Å². The molecule has 1 aromatic carbocycles. The minimum atomic E-state index is -0.155. The van der Waals surface area contributed by atoms with Crippen molar-refractivity contribution in [1.29, 1.82) is 0 Å². The Labute approximate surface area is 126 Å². The molecule has 2 rings (SSSR count). The summed E-state index contributed by atoms with van der Waals surface area (Å²) in [5.41, 5.74) is 7.23. The van der Waals surface area contributed by atoms with E-state index in [2.05, 4.69) is 0 Å². The maximum atomic E-state index is 12.1. The second-order valence-corrected chi connectivity index (χ2v) is 5.25. The minimum absolute atomic E-state index is 0.0509. The molecule has 1 fully saturated rings. The highest BCUT2D eigenvalue weighted by Crippen LogP contribution is 2.32. The maximum absolute atomic E-state index is 12.1. The highest BCUT2D eigenvalue weighted by molar-refractivity contribution is 5.80. The summed E-state index contributed by atoms with van der Waals surface area (Å²) in [6, 6.07) is 7.65. The molecule has 0 radical (unpaired) electrons. The van der Waals surface area contributed by atoms with E-state index in [0.717, 1.165) is 17.7 Å². The quantitative estimate of drug-likeness (QED) is 0.777. The predicted molar refractivity (Wildman–Crippen MR) is 81.2 cm³/mol. The summed E-state index contributed by atoms with van der Waals surface area (Å²) in [6.45, 7) is 3.92. The van der Waals surface area contributed by atoms with Crippen LogP contribution in [0.3, 0.4) is 0 Å². The van der Waals surface area contributed by atoms with Gasteiger partial charge in [0.1, 0.15) is 5.75 Å². The first-order valence-electron chi connectivity index (χ1n) is 7.44. The van der Waals surface area contributed by atoms with Gasteiger partial charge in [-0.05, 0) is 31.0 Å². The van der Waals surface area contributed by atoms with Gasteiger partial charge >= 0.3 is 0 Å². The van der Waals surface area contributed by atoms with Crippen LogP contribution in [0.25, 0.3) is 0 Å². The first-order chi connectivity index (χ1) is 10.2. The zero-order valence-electron chi connectivity index (χ0n) is 12.7. The van der Waals surface area contributed by atoms with Crippen LogP contribution in [0.15, 0.2) is 24.3 Å². The van der Waals surface area contributed by atoms with Crippen molar-refractivity contribution in [2.75, 3.05) is 26.9 Å². The molecule has 0 spiro atoms. The van der Waals surface area contributed by atoms with E-state index in [1.807, 2.05) is 36.1 Å². The largest absolute Gasteiger partial charge is 0.494 e. The van der Waals surface area contributed by atoms with Gasteiger partial charge in [-0.1, -0.05) is 12.1 Å². The molecule has 0 aliphatic carbocycles. The average Bonchev–Trinajstić information content (AvgIpc) is 2.75. The van der Waals surface area contributed by atoms with Crippen molar-refractivity contribution in [2.24, 2.45) is 5.73 Å². The topological polar surface area (TPSA) is 64.8 Å². The van der Waals surface area contributed by atoms with Gasteiger partial charge in [-0.2, -0.15) is 0 Å². The van der Waals surface area contributed by atoms with Crippen LogP contribution in [0.1, 0.15) is 31.4 Å². The van der Waals surface area contributed by atoms with Gasteiger partial charge in [0.15, 0.2) is 0 Å². The van der Waals surface area contributed by atoms with E-state index in [0.29, 0.717) is 26.2 Å². The normalized spacial score (nSPS) is 21.9. The Bertz CT molecular complexity index is 461. The number of hydrogen-bond acceptors (Lipinski definition) is 4. The molecule has 2 N–H and O–H groups in total. The molecular weight excluding hydrogens is 268 g/mol. The number of likely N-dealkylation sites (tertiary alicyclic amines) is 1. The fourth-order valence-corrected chi connectivity index (χ4v) is 2.81. The summed E-state index contributed by atoms with van der Waals surface area (Å²) in [6.07, 6.45) is 1.23. The Balaban J connectivity index is 2.11. The number of carbonyl (C=O) groups is 1. The Morgan fingerprint density at radius 2 is 2.05 bits per heavy atom. The van der Waals surface area contributed by atoms with Crippen LogP contribution in [0.4, 0.5) is 0 Å². The van der Waals surface area contributed by atoms with E-state index in [4.69, 9.17) is 15.2 Å². The molecule has 1 aliphatic heterocycles. The SMILES string of the molecule is CCOc1ccc(C2C(N)CC(=O)N2CCCOC)cc1. The molecule has 1 amide bonds. The third-order valence-electron chi connectivity index (χ3n) is 3.75. The zero-order valence-corrected chi connectivity index (χ0v) is 12.7. The van der Waals surface area contributed by atoms with Crippen LogP contribution in [-0.4, -0.2) is 43.7 Å². The van der Waals surface area contributed by atoms with Crippen LogP contribution in [0.5, 0.6) is 5.75 Å². The minimum Gasteiger partial charge on any atom is -0.494 e. The Morgan fingerprint density at radius 1 is 1.33 bits per heavy atom. The summed E-state index contributed by atoms with van der Waals surface area (Å²) >= 11 is 0. The fourth-order valence-electron chi connectivity index (χ4n) is 2.81. The Hall–Kier alpha value is -1.59. The number of amides is 1. The van der Waals surface area contributed by atoms with Gasteiger partial charge in [-0.15, -0.1) is 0 Å². The smallest absolute Gasteiger partial charge is 0.224 e. The van der Waals surface area contributed by atoms with Crippen molar-refractivity contribution in [2.45, 2.75) is 31.8 Å². The fraction of sp³-hybridized carbons (Fsp3) is 0.562. The third kappa shape index (κ3) is 3.74. The van der Waals surface area contributed by atoms with Crippen molar-refractivity contribution >= 4 is 5.91 Å². The Morgan fingerprint density at radius 3 is 2.67 bits per heavy atom. The second kappa shape index (κ2) is 7.43.